The van der Waals surface area contributed by atoms with Crippen LogP contribution in [-0.2, 0) is 0 Å². The van der Waals surface area contributed by atoms with Crippen LogP contribution in [0.25, 0.3) is 76.5 Å². The first kappa shape index (κ1) is 18.8. The third kappa shape index (κ3) is 2.64. The van der Waals surface area contributed by atoms with Crippen molar-refractivity contribution in [3.8, 4) is 22.3 Å². The van der Waals surface area contributed by atoms with E-state index in [1.54, 1.807) is 0 Å². The van der Waals surface area contributed by atoms with Crippen LogP contribution in [-0.4, -0.2) is 0 Å². The van der Waals surface area contributed by atoms with Gasteiger partial charge in [0.1, 0.15) is 11.2 Å². The van der Waals surface area contributed by atoms with Gasteiger partial charge in [-0.25, -0.2) is 0 Å². The van der Waals surface area contributed by atoms with E-state index in [1.165, 1.54) is 54.6 Å². The highest BCUT2D eigenvalue weighted by Crippen LogP contribution is 2.43. The summed E-state index contributed by atoms with van der Waals surface area (Å²) in [6.45, 7) is 0. The Labute approximate surface area is 202 Å². The smallest absolute Gasteiger partial charge is 0.135 e. The summed E-state index contributed by atoms with van der Waals surface area (Å²) in [5.41, 5.74) is 6.87. The number of hydrogen-bond donors (Lipinski definition) is 0. The summed E-state index contributed by atoms with van der Waals surface area (Å²) in [6, 6.07) is 43.7. The second kappa shape index (κ2) is 6.94. The maximum atomic E-state index is 6.08. The molecule has 35 heavy (non-hydrogen) atoms. The van der Waals surface area contributed by atoms with Crippen molar-refractivity contribution in [1.82, 2.24) is 0 Å². The molecular weight excluding hydrogens is 424 g/mol. The lowest BCUT2D eigenvalue weighted by Gasteiger charge is -2.16. The van der Waals surface area contributed by atoms with Gasteiger partial charge in [0.15, 0.2) is 0 Å². The number of hydrogen-bond acceptors (Lipinski definition) is 1. The van der Waals surface area contributed by atoms with Gasteiger partial charge in [0.25, 0.3) is 0 Å². The summed E-state index contributed by atoms with van der Waals surface area (Å²) in [6.07, 6.45) is 0. The normalized spacial score (nSPS) is 12.0. The zero-order valence-electron chi connectivity index (χ0n) is 19.0. The van der Waals surface area contributed by atoms with E-state index < -0.39 is 0 Å². The molecule has 1 heterocycles. The second-order valence-corrected chi connectivity index (χ2v) is 9.32. The molecule has 0 atom stereocenters. The van der Waals surface area contributed by atoms with Crippen molar-refractivity contribution in [2.24, 2.45) is 0 Å². The Hall–Kier alpha value is -4.62. The van der Waals surface area contributed by atoms with Crippen molar-refractivity contribution >= 4 is 54.3 Å². The van der Waals surface area contributed by atoms with E-state index in [-0.39, 0.29) is 0 Å². The van der Waals surface area contributed by atoms with Crippen molar-refractivity contribution < 1.29 is 4.42 Å². The van der Waals surface area contributed by atoms with Crippen molar-refractivity contribution in [3.05, 3.63) is 121 Å². The molecule has 0 fully saturated rings. The molecule has 0 aliphatic heterocycles. The molecule has 1 nitrogen and oxygen atoms in total. The highest BCUT2D eigenvalue weighted by atomic mass is 16.3. The number of furan rings is 1. The van der Waals surface area contributed by atoms with E-state index >= 15 is 0 Å². The van der Waals surface area contributed by atoms with Gasteiger partial charge >= 0.3 is 0 Å². The number of rotatable bonds is 2. The van der Waals surface area contributed by atoms with E-state index in [0.717, 1.165) is 21.9 Å². The first-order chi connectivity index (χ1) is 17.3. The predicted octanol–water partition coefficient (Wildman–Crippen LogP) is 9.82. The fourth-order valence-electron chi connectivity index (χ4n) is 5.82. The molecule has 0 spiro atoms. The quantitative estimate of drug-likeness (QED) is 0.242. The van der Waals surface area contributed by atoms with Crippen LogP contribution in [0.3, 0.4) is 0 Å². The molecule has 0 amide bonds. The Kier molecular flexibility index (Phi) is 3.72. The molecule has 8 rings (SSSR count). The SMILES string of the molecule is c1ccc(-c2ccc3ccc4ccc(-c5ccc6oc7ccccc7c6c5)c5ccc2c3c45)cc1. The molecule has 0 bridgehead atoms. The standard InChI is InChI=1S/C34H20O/c1-2-6-21(7-3-1)25-15-12-22-10-11-23-13-16-26(29-18-17-28(25)33(22)34(23)29)24-14-19-32-30(20-24)27-8-4-5-9-31(27)35-32/h1-20H. The molecular formula is C34H20O. The molecule has 0 saturated heterocycles. The van der Waals surface area contributed by atoms with Gasteiger partial charge in [0, 0.05) is 10.8 Å². The Bertz CT molecular complexity index is 2040. The molecule has 1 aromatic heterocycles. The summed E-state index contributed by atoms with van der Waals surface area (Å²) in [4.78, 5) is 0. The average Bonchev–Trinajstić information content (AvgIpc) is 3.30. The van der Waals surface area contributed by atoms with Crippen molar-refractivity contribution in [3.63, 3.8) is 0 Å². The van der Waals surface area contributed by atoms with Crippen molar-refractivity contribution in [2.45, 2.75) is 0 Å². The van der Waals surface area contributed by atoms with E-state index in [0.29, 0.717) is 0 Å². The molecule has 0 aliphatic rings. The summed E-state index contributed by atoms with van der Waals surface area (Å²) in [5.74, 6) is 0. The molecule has 0 unspecified atom stereocenters. The largest absolute Gasteiger partial charge is 0.456 e. The van der Waals surface area contributed by atoms with Gasteiger partial charge in [0.05, 0.1) is 0 Å². The molecule has 162 valence electrons. The molecule has 0 N–H and O–H groups in total. The lowest BCUT2D eigenvalue weighted by molar-refractivity contribution is 0.669. The summed E-state index contributed by atoms with van der Waals surface area (Å²) in [5, 5.41) is 10.2. The molecule has 0 saturated carbocycles. The Morgan fingerprint density at radius 1 is 0.371 bits per heavy atom. The van der Waals surface area contributed by atoms with Gasteiger partial charge in [-0.1, -0.05) is 103 Å². The number of fused-ring (bicyclic) bond motifs is 3. The van der Waals surface area contributed by atoms with Crippen molar-refractivity contribution in [2.75, 3.05) is 0 Å². The summed E-state index contributed by atoms with van der Waals surface area (Å²) >= 11 is 0. The van der Waals surface area contributed by atoms with Gasteiger partial charge in [-0.2, -0.15) is 0 Å². The molecule has 0 aliphatic carbocycles. The Morgan fingerprint density at radius 2 is 0.971 bits per heavy atom. The molecule has 7 aromatic carbocycles. The highest BCUT2D eigenvalue weighted by molar-refractivity contribution is 6.27. The third-order valence-corrected chi connectivity index (χ3v) is 7.44. The summed E-state index contributed by atoms with van der Waals surface area (Å²) < 4.78 is 6.08. The van der Waals surface area contributed by atoms with Crippen LogP contribution < -0.4 is 0 Å². The highest BCUT2D eigenvalue weighted by Gasteiger charge is 2.15. The maximum absolute atomic E-state index is 6.08. The lowest BCUT2D eigenvalue weighted by Crippen LogP contribution is -1.89. The number of benzene rings is 7. The van der Waals surface area contributed by atoms with Crippen LogP contribution >= 0.6 is 0 Å². The van der Waals surface area contributed by atoms with Gasteiger partial charge in [-0.3, -0.25) is 0 Å². The van der Waals surface area contributed by atoms with E-state index in [4.69, 9.17) is 4.42 Å². The van der Waals surface area contributed by atoms with Crippen LogP contribution in [0, 0.1) is 0 Å². The van der Waals surface area contributed by atoms with E-state index in [1.807, 2.05) is 12.1 Å². The second-order valence-electron chi connectivity index (χ2n) is 9.32. The Balaban J connectivity index is 1.44. The molecule has 0 radical (unpaired) electrons. The predicted molar refractivity (Wildman–Crippen MR) is 148 cm³/mol. The van der Waals surface area contributed by atoms with Crippen LogP contribution in [0.15, 0.2) is 126 Å². The summed E-state index contributed by atoms with van der Waals surface area (Å²) in [7, 11) is 0. The third-order valence-electron chi connectivity index (χ3n) is 7.44. The maximum Gasteiger partial charge on any atom is 0.135 e. The fraction of sp³-hybridized carbons (Fsp3) is 0. The first-order valence-corrected chi connectivity index (χ1v) is 12.0. The number of para-hydroxylation sites is 1. The molecule has 8 aromatic rings. The van der Waals surface area contributed by atoms with Crippen LogP contribution in [0.2, 0.25) is 0 Å². The van der Waals surface area contributed by atoms with Gasteiger partial charge in [-0.15, -0.1) is 0 Å². The van der Waals surface area contributed by atoms with Gasteiger partial charge in [-0.05, 0) is 72.8 Å². The van der Waals surface area contributed by atoms with E-state index in [9.17, 15) is 0 Å². The van der Waals surface area contributed by atoms with Crippen LogP contribution in [0.5, 0.6) is 0 Å². The Morgan fingerprint density at radius 3 is 1.71 bits per heavy atom. The lowest BCUT2D eigenvalue weighted by atomic mass is 9.87. The minimum atomic E-state index is 0.931. The monoisotopic (exact) mass is 444 g/mol. The average molecular weight is 445 g/mol. The van der Waals surface area contributed by atoms with Crippen LogP contribution in [0.4, 0.5) is 0 Å². The topological polar surface area (TPSA) is 13.1 Å². The fourth-order valence-corrected chi connectivity index (χ4v) is 5.82. The molecule has 1 heteroatoms. The minimum Gasteiger partial charge on any atom is -0.456 e. The van der Waals surface area contributed by atoms with Gasteiger partial charge in [0.2, 0.25) is 0 Å². The minimum absolute atomic E-state index is 0.931. The first-order valence-electron chi connectivity index (χ1n) is 12.0. The van der Waals surface area contributed by atoms with Crippen molar-refractivity contribution in [1.29, 1.82) is 0 Å². The van der Waals surface area contributed by atoms with Crippen LogP contribution in [0.1, 0.15) is 0 Å². The zero-order valence-corrected chi connectivity index (χ0v) is 19.0. The van der Waals surface area contributed by atoms with E-state index in [2.05, 4.69) is 109 Å². The zero-order chi connectivity index (χ0) is 22.9. The van der Waals surface area contributed by atoms with Gasteiger partial charge < -0.3 is 4.42 Å².